The van der Waals surface area contributed by atoms with Crippen molar-refractivity contribution in [1.82, 2.24) is 4.90 Å². The summed E-state index contributed by atoms with van der Waals surface area (Å²) in [6.07, 6.45) is 0.901. The average molecular weight is 301 g/mol. The molecule has 0 saturated carbocycles. The summed E-state index contributed by atoms with van der Waals surface area (Å²) in [4.78, 5) is 14.2. The number of rotatable bonds is 8. The lowest BCUT2D eigenvalue weighted by molar-refractivity contribution is -0.118. The molecule has 2 aromatic carbocycles. The van der Waals surface area contributed by atoms with Crippen LogP contribution in [0.2, 0.25) is 0 Å². The minimum absolute atomic E-state index is 0.572. The predicted molar refractivity (Wildman–Crippen MR) is 86.6 cm³/mol. The summed E-state index contributed by atoms with van der Waals surface area (Å²) >= 11 is 1.75. The number of amides is 1. The van der Waals surface area contributed by atoms with Crippen molar-refractivity contribution in [3.05, 3.63) is 60.2 Å². The molecule has 0 aliphatic heterocycles. The third-order valence-electron chi connectivity index (χ3n) is 3.11. The highest BCUT2D eigenvalue weighted by Crippen LogP contribution is 2.20. The molecule has 110 valence electrons. The Kier molecular flexibility index (Phi) is 6.16. The van der Waals surface area contributed by atoms with E-state index in [4.69, 9.17) is 4.74 Å². The van der Waals surface area contributed by atoms with Crippen molar-refractivity contribution in [2.24, 2.45) is 0 Å². The Labute approximate surface area is 129 Å². The van der Waals surface area contributed by atoms with Gasteiger partial charge in [0, 0.05) is 29.3 Å². The van der Waals surface area contributed by atoms with E-state index in [1.54, 1.807) is 23.8 Å². The van der Waals surface area contributed by atoms with E-state index in [0.717, 1.165) is 23.5 Å². The van der Waals surface area contributed by atoms with Crippen LogP contribution in [-0.4, -0.2) is 30.7 Å². The number of hydrogen-bond donors (Lipinski definition) is 0. The Morgan fingerprint density at radius 3 is 2.52 bits per heavy atom. The number of carbonyl (C=O) groups is 1. The first-order chi connectivity index (χ1) is 10.3. The quantitative estimate of drug-likeness (QED) is 0.552. The van der Waals surface area contributed by atoms with Crippen LogP contribution in [0.3, 0.4) is 0 Å². The first-order valence-electron chi connectivity index (χ1n) is 6.82. The van der Waals surface area contributed by atoms with Crippen LogP contribution in [0.5, 0.6) is 5.75 Å². The van der Waals surface area contributed by atoms with Crippen molar-refractivity contribution in [2.75, 3.05) is 19.4 Å². The summed E-state index contributed by atoms with van der Waals surface area (Å²) in [7, 11) is 1.65. The van der Waals surface area contributed by atoms with Crippen molar-refractivity contribution in [2.45, 2.75) is 11.4 Å². The Balaban J connectivity index is 1.87. The topological polar surface area (TPSA) is 29.5 Å². The van der Waals surface area contributed by atoms with E-state index < -0.39 is 0 Å². The molecule has 0 aromatic heterocycles. The Morgan fingerprint density at radius 1 is 1.10 bits per heavy atom. The Bertz CT molecular complexity index is 560. The number of carbonyl (C=O) groups excluding carboxylic acids is 1. The van der Waals surface area contributed by atoms with Gasteiger partial charge in [-0.05, 0) is 18.2 Å². The van der Waals surface area contributed by atoms with Crippen molar-refractivity contribution in [3.63, 3.8) is 0 Å². The molecule has 0 aliphatic carbocycles. The molecule has 0 N–H and O–H groups in total. The number of hydrogen-bond acceptors (Lipinski definition) is 3. The molecular weight excluding hydrogens is 282 g/mol. The molecule has 0 saturated heterocycles. The maximum Gasteiger partial charge on any atom is 0.210 e. The third kappa shape index (κ3) is 4.83. The maximum absolute atomic E-state index is 11.2. The molecule has 0 heterocycles. The molecule has 0 radical (unpaired) electrons. The fourth-order valence-electron chi connectivity index (χ4n) is 2.02. The summed E-state index contributed by atoms with van der Waals surface area (Å²) in [5.41, 5.74) is 1.02. The second-order valence-corrected chi connectivity index (χ2v) is 5.72. The lowest BCUT2D eigenvalue weighted by Crippen LogP contribution is -2.24. The molecule has 0 bridgehead atoms. The lowest BCUT2D eigenvalue weighted by Gasteiger charge is -2.18. The molecule has 0 aliphatic rings. The van der Waals surface area contributed by atoms with Crippen molar-refractivity contribution in [1.29, 1.82) is 0 Å². The average Bonchev–Trinajstić information content (AvgIpc) is 2.55. The van der Waals surface area contributed by atoms with E-state index in [9.17, 15) is 4.79 Å². The van der Waals surface area contributed by atoms with Gasteiger partial charge in [-0.2, -0.15) is 0 Å². The fraction of sp³-hybridized carbons (Fsp3) is 0.235. The number of benzene rings is 2. The van der Waals surface area contributed by atoms with Gasteiger partial charge < -0.3 is 9.64 Å². The summed E-state index contributed by atoms with van der Waals surface area (Å²) in [6, 6.07) is 18.0. The van der Waals surface area contributed by atoms with Crippen LogP contribution in [0, 0.1) is 0 Å². The minimum Gasteiger partial charge on any atom is -0.496 e. The summed E-state index contributed by atoms with van der Waals surface area (Å²) < 4.78 is 5.32. The first-order valence-corrected chi connectivity index (χ1v) is 7.81. The van der Waals surface area contributed by atoms with Gasteiger partial charge in [0.15, 0.2) is 0 Å². The number of para-hydroxylation sites is 1. The maximum atomic E-state index is 11.2. The molecule has 21 heavy (non-hydrogen) atoms. The standard InChI is InChI=1S/C17H19NO2S/c1-20-17-10-6-5-7-15(17)13-18(14-19)11-12-21-16-8-3-2-4-9-16/h2-10,14H,11-13H2,1H3. The summed E-state index contributed by atoms with van der Waals surface area (Å²) in [6.45, 7) is 1.28. The first kappa shape index (κ1) is 15.4. The van der Waals surface area contributed by atoms with Gasteiger partial charge in [0.05, 0.1) is 7.11 Å². The van der Waals surface area contributed by atoms with Gasteiger partial charge in [-0.15, -0.1) is 11.8 Å². The fourth-order valence-corrected chi connectivity index (χ4v) is 2.93. The molecule has 2 aromatic rings. The zero-order valence-electron chi connectivity index (χ0n) is 12.1. The van der Waals surface area contributed by atoms with E-state index in [1.807, 2.05) is 42.5 Å². The predicted octanol–water partition coefficient (Wildman–Crippen LogP) is 3.45. The van der Waals surface area contributed by atoms with Gasteiger partial charge in [-0.1, -0.05) is 36.4 Å². The largest absolute Gasteiger partial charge is 0.496 e. The van der Waals surface area contributed by atoms with Crippen LogP contribution in [0.15, 0.2) is 59.5 Å². The van der Waals surface area contributed by atoms with E-state index in [-0.39, 0.29) is 0 Å². The normalized spacial score (nSPS) is 10.1. The van der Waals surface area contributed by atoms with Crippen molar-refractivity contribution < 1.29 is 9.53 Å². The number of thioether (sulfide) groups is 1. The SMILES string of the molecule is COc1ccccc1CN(C=O)CCSc1ccccc1. The van der Waals surface area contributed by atoms with E-state index in [1.165, 1.54) is 4.90 Å². The van der Waals surface area contributed by atoms with Crippen molar-refractivity contribution >= 4 is 18.2 Å². The highest BCUT2D eigenvalue weighted by Gasteiger charge is 2.07. The van der Waals surface area contributed by atoms with Gasteiger partial charge in [-0.3, -0.25) is 4.79 Å². The molecule has 2 rings (SSSR count). The van der Waals surface area contributed by atoms with E-state index in [0.29, 0.717) is 13.1 Å². The van der Waals surface area contributed by atoms with Gasteiger partial charge in [0.2, 0.25) is 6.41 Å². The van der Waals surface area contributed by atoms with Gasteiger partial charge in [0.25, 0.3) is 0 Å². The molecule has 0 unspecified atom stereocenters. The van der Waals surface area contributed by atoms with E-state index >= 15 is 0 Å². The molecule has 0 spiro atoms. The third-order valence-corrected chi connectivity index (χ3v) is 4.10. The molecule has 1 amide bonds. The highest BCUT2D eigenvalue weighted by atomic mass is 32.2. The number of ether oxygens (including phenoxy) is 1. The lowest BCUT2D eigenvalue weighted by atomic mass is 10.2. The smallest absolute Gasteiger partial charge is 0.210 e. The number of methoxy groups -OCH3 is 1. The van der Waals surface area contributed by atoms with Crippen molar-refractivity contribution in [3.8, 4) is 5.75 Å². The Hall–Kier alpha value is -1.94. The van der Waals surface area contributed by atoms with Crippen LogP contribution >= 0.6 is 11.8 Å². The van der Waals surface area contributed by atoms with Crippen LogP contribution in [0.25, 0.3) is 0 Å². The van der Waals surface area contributed by atoms with Gasteiger partial charge >= 0.3 is 0 Å². The highest BCUT2D eigenvalue weighted by molar-refractivity contribution is 7.99. The van der Waals surface area contributed by atoms with E-state index in [2.05, 4.69) is 12.1 Å². The molecule has 0 atom stereocenters. The Morgan fingerprint density at radius 2 is 1.81 bits per heavy atom. The molecule has 3 nitrogen and oxygen atoms in total. The summed E-state index contributed by atoms with van der Waals surface area (Å²) in [5, 5.41) is 0. The molecule has 4 heteroatoms. The van der Waals surface area contributed by atoms with Crippen LogP contribution in [-0.2, 0) is 11.3 Å². The zero-order chi connectivity index (χ0) is 14.9. The number of nitrogens with zero attached hydrogens (tertiary/aromatic N) is 1. The van der Waals surface area contributed by atoms with Crippen LogP contribution in [0.1, 0.15) is 5.56 Å². The molecule has 0 fully saturated rings. The summed E-state index contributed by atoms with van der Waals surface area (Å²) in [5.74, 6) is 1.69. The van der Waals surface area contributed by atoms with Crippen LogP contribution < -0.4 is 4.74 Å². The monoisotopic (exact) mass is 301 g/mol. The molecular formula is C17H19NO2S. The second-order valence-electron chi connectivity index (χ2n) is 4.55. The second kappa shape index (κ2) is 8.37. The van der Waals surface area contributed by atoms with Gasteiger partial charge in [0.1, 0.15) is 5.75 Å². The minimum atomic E-state index is 0.572. The van der Waals surface area contributed by atoms with Crippen LogP contribution in [0.4, 0.5) is 0 Å². The zero-order valence-corrected chi connectivity index (χ0v) is 12.9. The van der Waals surface area contributed by atoms with Gasteiger partial charge in [-0.25, -0.2) is 0 Å².